The normalized spacial score (nSPS) is 11.5. The summed E-state index contributed by atoms with van der Waals surface area (Å²) in [6.07, 6.45) is 0. The molecule has 0 spiro atoms. The molecule has 3 nitrogen and oxygen atoms in total. The van der Waals surface area contributed by atoms with E-state index in [1.165, 1.54) is 0 Å². The molecule has 1 unspecified atom stereocenters. The molecule has 0 aliphatic rings. The molecule has 0 radical (unpaired) electrons. The highest BCUT2D eigenvalue weighted by Crippen LogP contribution is 2.20. The van der Waals surface area contributed by atoms with E-state index in [2.05, 4.69) is 45.0 Å². The Hall–Kier alpha value is -1.34. The Balaban J connectivity index is 2.54. The smallest absolute Gasteiger partial charge is 0.163 e. The van der Waals surface area contributed by atoms with Crippen molar-refractivity contribution < 1.29 is 0 Å². The average molecular weight is 245 g/mol. The summed E-state index contributed by atoms with van der Waals surface area (Å²) >= 11 is 0. The summed E-state index contributed by atoms with van der Waals surface area (Å²) in [4.78, 5) is 13.3. The maximum atomic E-state index is 4.54. The molecular weight excluding hydrogens is 229 g/mol. The van der Waals surface area contributed by atoms with E-state index >= 15 is 0 Å². The lowest BCUT2D eigenvalue weighted by atomic mass is 9.96. The van der Waals surface area contributed by atoms with Gasteiger partial charge in [0.25, 0.3) is 0 Å². The molecule has 0 saturated carbocycles. The van der Waals surface area contributed by atoms with Crippen LogP contribution in [0.3, 0.4) is 0 Å². The lowest BCUT2D eigenvalue weighted by molar-refractivity contribution is 0.545. The number of benzene rings is 1. The molecule has 2 rings (SSSR count). The number of hydrogen-bond acceptors (Lipinski definition) is 3. The van der Waals surface area contributed by atoms with Crippen molar-refractivity contribution in [2.24, 2.45) is 0 Å². The zero-order chi connectivity index (χ0) is 12.5. The Labute approximate surface area is 104 Å². The van der Waals surface area contributed by atoms with Crippen molar-refractivity contribution >= 4 is 14.8 Å². The van der Waals surface area contributed by atoms with Crippen molar-refractivity contribution in [3.05, 3.63) is 36.2 Å². The van der Waals surface area contributed by atoms with Crippen LogP contribution in [0.1, 0.15) is 26.6 Å². The van der Waals surface area contributed by atoms with Gasteiger partial charge < -0.3 is 0 Å². The molecule has 1 heterocycles. The molecule has 1 atom stereocenters. The first kappa shape index (κ1) is 12.1. The highest BCUT2D eigenvalue weighted by atomic mass is 31.0. The second-order valence-corrected chi connectivity index (χ2v) is 5.47. The topological polar surface area (TPSA) is 38.7 Å². The lowest BCUT2D eigenvalue weighted by Gasteiger charge is -2.17. The van der Waals surface area contributed by atoms with Gasteiger partial charge in [0.15, 0.2) is 5.82 Å². The highest BCUT2D eigenvalue weighted by molar-refractivity contribution is 7.26. The summed E-state index contributed by atoms with van der Waals surface area (Å²) in [6, 6.07) is 9.96. The average Bonchev–Trinajstić information content (AvgIpc) is 2.28. The fourth-order valence-electron chi connectivity index (χ4n) is 1.44. The van der Waals surface area contributed by atoms with Crippen molar-refractivity contribution in [1.82, 2.24) is 15.0 Å². The van der Waals surface area contributed by atoms with Crippen LogP contribution in [0.25, 0.3) is 11.4 Å². The molecule has 1 aromatic carbocycles. The fraction of sp³-hybridized carbons (Fsp3) is 0.308. The predicted octanol–water partition coefficient (Wildman–Crippen LogP) is 2.34. The van der Waals surface area contributed by atoms with Crippen LogP contribution >= 0.6 is 9.24 Å². The minimum Gasteiger partial charge on any atom is -0.214 e. The Morgan fingerprint density at radius 2 is 1.59 bits per heavy atom. The van der Waals surface area contributed by atoms with Gasteiger partial charge in [-0.25, -0.2) is 15.0 Å². The second-order valence-electron chi connectivity index (χ2n) is 4.96. The third-order valence-electron chi connectivity index (χ3n) is 2.36. The molecule has 1 aromatic heterocycles. The van der Waals surface area contributed by atoms with Crippen LogP contribution in [-0.4, -0.2) is 15.0 Å². The van der Waals surface area contributed by atoms with Gasteiger partial charge in [0.2, 0.25) is 0 Å². The van der Waals surface area contributed by atoms with Gasteiger partial charge in [0.05, 0.1) is 0 Å². The van der Waals surface area contributed by atoms with E-state index in [0.29, 0.717) is 5.57 Å². The SMILES string of the molecule is CC(C)(C)c1nc(P)nc(-c2ccccc2)n1. The minimum atomic E-state index is -0.0716. The first-order valence-electron chi connectivity index (χ1n) is 5.54. The quantitative estimate of drug-likeness (QED) is 0.724. The van der Waals surface area contributed by atoms with Gasteiger partial charge >= 0.3 is 0 Å². The summed E-state index contributed by atoms with van der Waals surface area (Å²) in [6.45, 7) is 6.30. The maximum Gasteiger partial charge on any atom is 0.163 e. The van der Waals surface area contributed by atoms with Crippen molar-refractivity contribution in [2.75, 3.05) is 0 Å². The first-order valence-corrected chi connectivity index (χ1v) is 6.12. The Kier molecular flexibility index (Phi) is 3.21. The molecule has 0 N–H and O–H groups in total. The molecule has 0 fully saturated rings. The lowest BCUT2D eigenvalue weighted by Crippen LogP contribution is -2.22. The molecule has 0 bridgehead atoms. The Bertz CT molecular complexity index is 518. The van der Waals surface area contributed by atoms with Gasteiger partial charge in [-0.1, -0.05) is 60.3 Å². The van der Waals surface area contributed by atoms with Crippen LogP contribution in [0.2, 0.25) is 0 Å². The Morgan fingerprint density at radius 3 is 2.18 bits per heavy atom. The monoisotopic (exact) mass is 245 g/mol. The number of aromatic nitrogens is 3. The summed E-state index contributed by atoms with van der Waals surface area (Å²) in [5.74, 6) is 1.55. The maximum absolute atomic E-state index is 4.54. The summed E-state index contributed by atoms with van der Waals surface area (Å²) in [5, 5.41) is 0. The summed E-state index contributed by atoms with van der Waals surface area (Å²) in [5.41, 5.74) is 1.63. The number of hydrogen-bond donors (Lipinski definition) is 0. The number of rotatable bonds is 1. The van der Waals surface area contributed by atoms with E-state index < -0.39 is 0 Å². The molecule has 2 aromatic rings. The fourth-order valence-corrected chi connectivity index (χ4v) is 1.69. The first-order chi connectivity index (χ1) is 7.97. The highest BCUT2D eigenvalue weighted by Gasteiger charge is 2.19. The van der Waals surface area contributed by atoms with Crippen LogP contribution in [0.4, 0.5) is 0 Å². The Morgan fingerprint density at radius 1 is 0.941 bits per heavy atom. The van der Waals surface area contributed by atoms with Crippen LogP contribution in [-0.2, 0) is 5.41 Å². The van der Waals surface area contributed by atoms with E-state index in [1.54, 1.807) is 0 Å². The zero-order valence-electron chi connectivity index (χ0n) is 10.3. The summed E-state index contributed by atoms with van der Waals surface area (Å²) in [7, 11) is 2.54. The van der Waals surface area contributed by atoms with Gasteiger partial charge in [-0.05, 0) is 0 Å². The summed E-state index contributed by atoms with van der Waals surface area (Å²) < 4.78 is 0. The van der Waals surface area contributed by atoms with E-state index in [4.69, 9.17) is 0 Å². The largest absolute Gasteiger partial charge is 0.214 e. The van der Waals surface area contributed by atoms with E-state index in [-0.39, 0.29) is 5.41 Å². The molecule has 0 aliphatic heterocycles. The van der Waals surface area contributed by atoms with Crippen LogP contribution in [0.5, 0.6) is 0 Å². The van der Waals surface area contributed by atoms with Crippen molar-refractivity contribution in [2.45, 2.75) is 26.2 Å². The van der Waals surface area contributed by atoms with E-state index in [0.717, 1.165) is 17.2 Å². The third-order valence-corrected chi connectivity index (χ3v) is 2.61. The molecular formula is C13H16N3P. The molecule has 0 amide bonds. The molecule has 88 valence electrons. The zero-order valence-corrected chi connectivity index (χ0v) is 11.5. The van der Waals surface area contributed by atoms with Crippen molar-refractivity contribution in [1.29, 1.82) is 0 Å². The second kappa shape index (κ2) is 4.50. The van der Waals surface area contributed by atoms with E-state index in [1.807, 2.05) is 30.3 Å². The van der Waals surface area contributed by atoms with Gasteiger partial charge in [-0.15, -0.1) is 0 Å². The molecule has 17 heavy (non-hydrogen) atoms. The van der Waals surface area contributed by atoms with Crippen molar-refractivity contribution in [3.63, 3.8) is 0 Å². The van der Waals surface area contributed by atoms with Crippen LogP contribution in [0.15, 0.2) is 30.3 Å². The predicted molar refractivity (Wildman–Crippen MR) is 73.3 cm³/mol. The van der Waals surface area contributed by atoms with Gasteiger partial charge in [0, 0.05) is 11.0 Å². The van der Waals surface area contributed by atoms with Gasteiger partial charge in [0.1, 0.15) is 11.4 Å². The molecule has 0 saturated heterocycles. The van der Waals surface area contributed by atoms with Gasteiger partial charge in [-0.3, -0.25) is 0 Å². The van der Waals surface area contributed by atoms with Crippen molar-refractivity contribution in [3.8, 4) is 11.4 Å². The van der Waals surface area contributed by atoms with Gasteiger partial charge in [-0.2, -0.15) is 0 Å². The number of nitrogens with zero attached hydrogens (tertiary/aromatic N) is 3. The molecule has 4 heteroatoms. The van der Waals surface area contributed by atoms with Crippen LogP contribution < -0.4 is 5.57 Å². The van der Waals surface area contributed by atoms with Crippen LogP contribution in [0, 0.1) is 0 Å². The standard InChI is InChI=1S/C13H16N3P/c1-13(2,3)11-14-10(15-12(17)16-11)9-7-5-4-6-8-9/h4-8H,17H2,1-3H3. The third kappa shape index (κ3) is 2.86. The van der Waals surface area contributed by atoms with E-state index in [9.17, 15) is 0 Å². The minimum absolute atomic E-state index is 0.0716. The molecule has 0 aliphatic carbocycles.